The Hall–Kier alpha value is -3.55. The topological polar surface area (TPSA) is 70.5 Å². The van der Waals surface area contributed by atoms with Gasteiger partial charge < -0.3 is 5.11 Å². The van der Waals surface area contributed by atoms with Gasteiger partial charge in [0.05, 0.1) is 21.8 Å². The van der Waals surface area contributed by atoms with Gasteiger partial charge in [0.25, 0.3) is 5.78 Å². The summed E-state index contributed by atoms with van der Waals surface area (Å²) in [7, 11) is 0. The Bertz CT molecular complexity index is 1460. The van der Waals surface area contributed by atoms with E-state index in [-0.39, 0.29) is 16.9 Å². The number of aliphatic hydroxyl groups excluding tert-OH is 1. The lowest BCUT2D eigenvalue weighted by Crippen LogP contribution is -2.29. The van der Waals surface area contributed by atoms with Crippen LogP contribution >= 0.6 is 22.9 Å². The van der Waals surface area contributed by atoms with Crippen LogP contribution in [-0.2, 0) is 16.0 Å². The van der Waals surface area contributed by atoms with E-state index in [1.165, 1.54) is 40.5 Å². The van der Waals surface area contributed by atoms with Gasteiger partial charge in [0.15, 0.2) is 5.13 Å². The molecular weight excluding hydrogens is 475 g/mol. The largest absolute Gasteiger partial charge is 0.507 e. The molecule has 1 atom stereocenters. The van der Waals surface area contributed by atoms with Crippen LogP contribution in [0.25, 0.3) is 16.0 Å². The molecule has 1 saturated heterocycles. The number of fused-ring (bicyclic) bond motifs is 1. The summed E-state index contributed by atoms with van der Waals surface area (Å²) < 4.78 is 14.2. The molecule has 0 spiro atoms. The summed E-state index contributed by atoms with van der Waals surface area (Å²) in [5.74, 6) is -2.46. The molecule has 5 nitrogen and oxygen atoms in total. The Morgan fingerprint density at radius 2 is 1.79 bits per heavy atom. The minimum Gasteiger partial charge on any atom is -0.507 e. The van der Waals surface area contributed by atoms with Crippen LogP contribution in [0.15, 0.2) is 72.3 Å². The Morgan fingerprint density at radius 1 is 1.09 bits per heavy atom. The maximum absolute atomic E-state index is 13.4. The number of aromatic nitrogens is 1. The zero-order valence-corrected chi connectivity index (χ0v) is 19.5. The number of ketones is 1. The van der Waals surface area contributed by atoms with Crippen LogP contribution in [0.1, 0.15) is 29.7 Å². The van der Waals surface area contributed by atoms with Gasteiger partial charge >= 0.3 is 5.91 Å². The molecule has 8 heteroatoms. The molecular formula is C26H18ClFN2O3S. The zero-order chi connectivity index (χ0) is 24.0. The normalized spacial score (nSPS) is 17.6. The first-order valence-electron chi connectivity index (χ1n) is 10.6. The van der Waals surface area contributed by atoms with Crippen molar-refractivity contribution in [2.24, 2.45) is 0 Å². The minimum atomic E-state index is -0.896. The molecule has 4 aromatic rings. The molecule has 0 aliphatic carbocycles. The second-order valence-electron chi connectivity index (χ2n) is 7.88. The van der Waals surface area contributed by atoms with Crippen molar-refractivity contribution >= 4 is 55.7 Å². The van der Waals surface area contributed by atoms with Gasteiger partial charge in [-0.05, 0) is 60.0 Å². The number of hydrogen-bond donors (Lipinski definition) is 1. The van der Waals surface area contributed by atoms with Gasteiger partial charge in [0.1, 0.15) is 11.6 Å². The van der Waals surface area contributed by atoms with Crippen molar-refractivity contribution in [3.8, 4) is 0 Å². The lowest BCUT2D eigenvalue weighted by molar-refractivity contribution is -0.132. The molecule has 1 aromatic heterocycles. The SMILES string of the molecule is CCc1ccc(C2/C(=C(\O)c3ccc(F)cc3)C(=O)C(=O)N2c2nc3ccc(Cl)cc3s2)cc1. The fraction of sp³-hybridized carbons (Fsp3) is 0.115. The van der Waals surface area contributed by atoms with Gasteiger partial charge in [0, 0.05) is 10.6 Å². The number of benzene rings is 3. The van der Waals surface area contributed by atoms with Gasteiger partial charge in [-0.25, -0.2) is 9.37 Å². The average molecular weight is 493 g/mol. The first kappa shape index (κ1) is 22.3. The standard InChI is InChI=1S/C26H18ClFN2O3S/c1-2-14-3-5-15(6-4-14)22-21(23(31)16-7-10-18(28)11-8-16)24(32)25(33)30(22)26-29-19-12-9-17(27)13-20(19)34-26/h3-13,22,31H,2H2,1H3/b23-21+. The average Bonchev–Trinajstić information content (AvgIpc) is 3.37. The zero-order valence-electron chi connectivity index (χ0n) is 18.0. The van der Waals surface area contributed by atoms with Gasteiger partial charge in [0.2, 0.25) is 0 Å². The molecule has 1 unspecified atom stereocenters. The third kappa shape index (κ3) is 3.77. The minimum absolute atomic E-state index is 0.0712. The quantitative estimate of drug-likeness (QED) is 0.207. The predicted molar refractivity (Wildman–Crippen MR) is 132 cm³/mol. The summed E-state index contributed by atoms with van der Waals surface area (Å²) in [6.45, 7) is 2.03. The lowest BCUT2D eigenvalue weighted by Gasteiger charge is -2.23. The number of aryl methyl sites for hydroxylation is 1. The molecule has 5 rings (SSSR count). The number of thiazole rings is 1. The van der Waals surface area contributed by atoms with Gasteiger partial charge in [-0.3, -0.25) is 14.5 Å². The van der Waals surface area contributed by atoms with Crippen molar-refractivity contribution in [1.82, 2.24) is 4.98 Å². The highest BCUT2D eigenvalue weighted by Gasteiger charge is 2.48. The van der Waals surface area contributed by atoms with Crippen molar-refractivity contribution in [1.29, 1.82) is 0 Å². The van der Waals surface area contributed by atoms with Crippen LogP contribution in [0.4, 0.5) is 9.52 Å². The van der Waals surface area contributed by atoms with Crippen molar-refractivity contribution in [2.75, 3.05) is 4.90 Å². The van der Waals surface area contributed by atoms with Gasteiger partial charge in [-0.15, -0.1) is 0 Å². The Morgan fingerprint density at radius 3 is 2.47 bits per heavy atom. The summed E-state index contributed by atoms with van der Waals surface area (Å²) in [5, 5.41) is 12.0. The Balaban J connectivity index is 1.72. The van der Waals surface area contributed by atoms with E-state index in [9.17, 15) is 19.1 Å². The van der Waals surface area contributed by atoms with E-state index >= 15 is 0 Å². The summed E-state index contributed by atoms with van der Waals surface area (Å²) in [4.78, 5) is 32.4. The number of halogens is 2. The summed E-state index contributed by atoms with van der Waals surface area (Å²) >= 11 is 7.35. The second kappa shape index (κ2) is 8.66. The molecule has 2 heterocycles. The third-order valence-corrected chi connectivity index (χ3v) is 7.06. The number of hydrogen-bond acceptors (Lipinski definition) is 5. The highest BCUT2D eigenvalue weighted by atomic mass is 35.5. The Kier molecular flexibility index (Phi) is 5.67. The first-order chi connectivity index (χ1) is 16.4. The molecule has 1 amide bonds. The van der Waals surface area contributed by atoms with E-state index in [0.717, 1.165) is 16.7 Å². The summed E-state index contributed by atoms with van der Waals surface area (Å²) in [6.07, 6.45) is 0.828. The summed E-state index contributed by atoms with van der Waals surface area (Å²) in [5.41, 5.74) is 2.56. The maximum atomic E-state index is 13.4. The van der Waals surface area contributed by atoms with E-state index in [1.807, 2.05) is 31.2 Å². The number of amides is 1. The van der Waals surface area contributed by atoms with E-state index in [0.29, 0.717) is 21.2 Å². The van der Waals surface area contributed by atoms with Crippen LogP contribution in [0.3, 0.4) is 0 Å². The number of Topliss-reactive ketones (excluding diaryl/α,β-unsaturated/α-hetero) is 1. The number of nitrogens with zero attached hydrogens (tertiary/aromatic N) is 2. The highest BCUT2D eigenvalue weighted by Crippen LogP contribution is 2.44. The Labute approximate surface area is 203 Å². The molecule has 1 aliphatic rings. The molecule has 3 aromatic carbocycles. The fourth-order valence-electron chi connectivity index (χ4n) is 4.03. The van der Waals surface area contributed by atoms with Crippen molar-refractivity contribution in [2.45, 2.75) is 19.4 Å². The predicted octanol–water partition coefficient (Wildman–Crippen LogP) is 6.28. The molecule has 0 bridgehead atoms. The molecule has 0 saturated carbocycles. The van der Waals surface area contributed by atoms with E-state index in [4.69, 9.17) is 11.6 Å². The number of anilines is 1. The van der Waals surface area contributed by atoms with Crippen LogP contribution in [-0.4, -0.2) is 21.8 Å². The molecule has 0 radical (unpaired) electrons. The number of rotatable bonds is 4. The molecule has 34 heavy (non-hydrogen) atoms. The molecule has 1 fully saturated rings. The van der Waals surface area contributed by atoms with E-state index in [1.54, 1.807) is 18.2 Å². The van der Waals surface area contributed by atoms with Gasteiger partial charge in [-0.2, -0.15) is 0 Å². The van der Waals surface area contributed by atoms with Crippen molar-refractivity contribution in [3.05, 3.63) is 99.8 Å². The van der Waals surface area contributed by atoms with Crippen molar-refractivity contribution < 1.29 is 19.1 Å². The van der Waals surface area contributed by atoms with E-state index < -0.39 is 23.5 Å². The van der Waals surface area contributed by atoms with Crippen LogP contribution in [0, 0.1) is 5.82 Å². The maximum Gasteiger partial charge on any atom is 0.301 e. The number of carbonyl (C=O) groups excluding carboxylic acids is 2. The molecule has 170 valence electrons. The fourth-order valence-corrected chi connectivity index (χ4v) is 5.30. The molecule has 1 aliphatic heterocycles. The monoisotopic (exact) mass is 492 g/mol. The highest BCUT2D eigenvalue weighted by molar-refractivity contribution is 7.22. The van der Waals surface area contributed by atoms with Gasteiger partial charge in [-0.1, -0.05) is 54.1 Å². The van der Waals surface area contributed by atoms with Crippen LogP contribution in [0.5, 0.6) is 0 Å². The van der Waals surface area contributed by atoms with Crippen LogP contribution < -0.4 is 4.90 Å². The number of carbonyl (C=O) groups is 2. The first-order valence-corrected chi connectivity index (χ1v) is 11.8. The van der Waals surface area contributed by atoms with E-state index in [2.05, 4.69) is 4.98 Å². The smallest absolute Gasteiger partial charge is 0.301 e. The third-order valence-electron chi connectivity index (χ3n) is 5.81. The lowest BCUT2D eigenvalue weighted by atomic mass is 9.94. The van der Waals surface area contributed by atoms with Crippen LogP contribution in [0.2, 0.25) is 5.02 Å². The second-order valence-corrected chi connectivity index (χ2v) is 9.33. The summed E-state index contributed by atoms with van der Waals surface area (Å²) in [6, 6.07) is 16.9. The molecule has 1 N–H and O–H groups in total. The number of aliphatic hydroxyl groups is 1. The van der Waals surface area contributed by atoms with Crippen molar-refractivity contribution in [3.63, 3.8) is 0 Å².